The summed E-state index contributed by atoms with van der Waals surface area (Å²) < 4.78 is 0. The maximum absolute atomic E-state index is 10.8. The van der Waals surface area contributed by atoms with E-state index in [0.717, 1.165) is 13.1 Å². The fourth-order valence-corrected chi connectivity index (χ4v) is 2.31. The van der Waals surface area contributed by atoms with E-state index in [1.165, 1.54) is 24.3 Å². The first-order chi connectivity index (χ1) is 6.22. The fraction of sp³-hybridized carbons (Fsp3) is 0.889. The number of thioether (sulfide) groups is 1. The number of carbonyl (C=O) groups excluding carboxylic acids is 1. The lowest BCUT2D eigenvalue weighted by molar-refractivity contribution is 0.205. The quantitative estimate of drug-likeness (QED) is 0.594. The molecule has 0 spiro atoms. The van der Waals surface area contributed by atoms with E-state index >= 15 is 0 Å². The van der Waals surface area contributed by atoms with Crippen LogP contribution in [-0.2, 0) is 0 Å². The summed E-state index contributed by atoms with van der Waals surface area (Å²) in [6.07, 6.45) is 2.93. The summed E-state index contributed by atoms with van der Waals surface area (Å²) in [5, 5.41) is 0. The van der Waals surface area contributed by atoms with Gasteiger partial charge in [0.1, 0.15) is 0 Å². The Kier molecular flexibility index (Phi) is 4.42. The van der Waals surface area contributed by atoms with Crippen LogP contribution in [0.15, 0.2) is 0 Å². The maximum atomic E-state index is 10.8. The Morgan fingerprint density at radius 2 is 1.54 bits per heavy atom. The molecule has 0 atom stereocenters. The van der Waals surface area contributed by atoms with Gasteiger partial charge in [0.05, 0.1) is 0 Å². The molecule has 0 aromatic rings. The first kappa shape index (κ1) is 10.7. The summed E-state index contributed by atoms with van der Waals surface area (Å²) in [5.41, 5.74) is 0. The molecular formula is C9H18N2OS. The second kappa shape index (κ2) is 5.37. The van der Waals surface area contributed by atoms with E-state index in [9.17, 15) is 4.79 Å². The Balaban J connectivity index is 0.000000145. The minimum atomic E-state index is 0.130. The third kappa shape index (κ3) is 3.46. The molecule has 76 valence electrons. The van der Waals surface area contributed by atoms with Crippen molar-refractivity contribution in [1.82, 2.24) is 9.80 Å². The van der Waals surface area contributed by atoms with E-state index < -0.39 is 0 Å². The molecule has 0 aromatic heterocycles. The van der Waals surface area contributed by atoms with Crippen molar-refractivity contribution in [3.63, 3.8) is 0 Å². The molecule has 2 aliphatic heterocycles. The minimum Gasteiger partial charge on any atom is -0.326 e. The summed E-state index contributed by atoms with van der Waals surface area (Å²) >= 11 is 2.07. The summed E-state index contributed by atoms with van der Waals surface area (Å²) in [5.74, 6) is 2.83. The number of urea groups is 1. The lowest BCUT2D eigenvalue weighted by Gasteiger charge is -2.07. The third-order valence-electron chi connectivity index (χ3n) is 2.25. The lowest BCUT2D eigenvalue weighted by atomic mass is 10.4. The maximum Gasteiger partial charge on any atom is 0.319 e. The van der Waals surface area contributed by atoms with E-state index in [-0.39, 0.29) is 6.03 Å². The van der Waals surface area contributed by atoms with Gasteiger partial charge in [0.25, 0.3) is 0 Å². The molecule has 0 bridgehead atoms. The summed E-state index contributed by atoms with van der Waals surface area (Å²) in [7, 11) is 3.62. The molecule has 0 aliphatic carbocycles. The predicted octanol–water partition coefficient (Wildman–Crippen LogP) is 1.50. The molecule has 4 heteroatoms. The van der Waals surface area contributed by atoms with Gasteiger partial charge in [0, 0.05) is 27.2 Å². The number of hydrogen-bond donors (Lipinski definition) is 0. The molecule has 2 saturated heterocycles. The average molecular weight is 202 g/mol. The van der Waals surface area contributed by atoms with Crippen LogP contribution in [0.2, 0.25) is 0 Å². The fourth-order valence-electron chi connectivity index (χ4n) is 1.29. The van der Waals surface area contributed by atoms with Gasteiger partial charge in [-0.15, -0.1) is 0 Å². The molecule has 2 aliphatic rings. The highest BCUT2D eigenvalue weighted by Crippen LogP contribution is 2.14. The zero-order valence-electron chi connectivity index (χ0n) is 8.45. The molecule has 2 fully saturated rings. The third-order valence-corrected chi connectivity index (χ3v) is 3.41. The smallest absolute Gasteiger partial charge is 0.319 e. The van der Waals surface area contributed by atoms with E-state index in [4.69, 9.17) is 0 Å². The van der Waals surface area contributed by atoms with Crippen LogP contribution in [0, 0.1) is 0 Å². The first-order valence-corrected chi connectivity index (χ1v) is 5.91. The van der Waals surface area contributed by atoms with Gasteiger partial charge in [-0.05, 0) is 24.3 Å². The summed E-state index contributed by atoms with van der Waals surface area (Å²) in [4.78, 5) is 14.2. The van der Waals surface area contributed by atoms with Gasteiger partial charge in [0.15, 0.2) is 0 Å². The van der Waals surface area contributed by atoms with Crippen molar-refractivity contribution in [1.29, 1.82) is 0 Å². The highest BCUT2D eigenvalue weighted by Gasteiger charge is 2.20. The van der Waals surface area contributed by atoms with Gasteiger partial charge in [0.2, 0.25) is 0 Å². The molecular weight excluding hydrogens is 184 g/mol. The average Bonchev–Trinajstić information content (AvgIpc) is 2.75. The lowest BCUT2D eigenvalue weighted by Crippen LogP contribution is -2.25. The Hall–Kier alpha value is -0.380. The minimum absolute atomic E-state index is 0.130. The standard InChI is InChI=1S/C5H10N2O.C4H8S/c1-6-3-4-7(2)5(6)8;1-2-4-5-3-1/h3-4H2,1-2H3;1-4H2. The zero-order chi connectivity index (χ0) is 9.68. The van der Waals surface area contributed by atoms with Crippen molar-refractivity contribution < 1.29 is 4.79 Å². The Morgan fingerprint density at radius 3 is 1.69 bits per heavy atom. The molecule has 2 heterocycles. The van der Waals surface area contributed by atoms with Crippen molar-refractivity contribution >= 4 is 17.8 Å². The highest BCUT2D eigenvalue weighted by atomic mass is 32.2. The molecule has 2 rings (SSSR count). The molecule has 13 heavy (non-hydrogen) atoms. The Bertz CT molecular complexity index is 151. The zero-order valence-corrected chi connectivity index (χ0v) is 9.27. The Labute approximate surface area is 84.5 Å². The van der Waals surface area contributed by atoms with Crippen LogP contribution < -0.4 is 0 Å². The Morgan fingerprint density at radius 1 is 1.08 bits per heavy atom. The van der Waals surface area contributed by atoms with Crippen LogP contribution in [-0.4, -0.2) is 54.5 Å². The number of nitrogens with zero attached hydrogens (tertiary/aromatic N) is 2. The van der Waals surface area contributed by atoms with E-state index in [1.807, 2.05) is 14.1 Å². The topological polar surface area (TPSA) is 23.6 Å². The van der Waals surface area contributed by atoms with Crippen LogP contribution in [0.5, 0.6) is 0 Å². The monoisotopic (exact) mass is 202 g/mol. The number of carbonyl (C=O) groups is 1. The van der Waals surface area contributed by atoms with Gasteiger partial charge < -0.3 is 9.80 Å². The predicted molar refractivity (Wildman–Crippen MR) is 57.2 cm³/mol. The summed E-state index contributed by atoms with van der Waals surface area (Å²) in [6, 6.07) is 0.130. The molecule has 2 amide bonds. The van der Waals surface area contributed by atoms with Crippen LogP contribution in [0.25, 0.3) is 0 Å². The molecule has 0 aromatic carbocycles. The number of likely N-dealkylation sites (N-methyl/N-ethyl adjacent to an activating group) is 2. The number of hydrogen-bond acceptors (Lipinski definition) is 2. The molecule has 0 N–H and O–H groups in total. The van der Waals surface area contributed by atoms with E-state index in [0.29, 0.717) is 0 Å². The first-order valence-electron chi connectivity index (χ1n) is 4.76. The normalized spacial score (nSPS) is 21.8. The van der Waals surface area contributed by atoms with Gasteiger partial charge in [-0.1, -0.05) is 0 Å². The van der Waals surface area contributed by atoms with Crippen molar-refractivity contribution in [2.75, 3.05) is 38.7 Å². The van der Waals surface area contributed by atoms with Crippen LogP contribution in [0.4, 0.5) is 4.79 Å². The SMILES string of the molecule is C1CCSC1.CN1CCN(C)C1=O. The van der Waals surface area contributed by atoms with Gasteiger partial charge >= 0.3 is 6.03 Å². The van der Waals surface area contributed by atoms with Crippen LogP contribution in [0.1, 0.15) is 12.8 Å². The van der Waals surface area contributed by atoms with Crippen molar-refractivity contribution in [3.05, 3.63) is 0 Å². The molecule has 0 radical (unpaired) electrons. The van der Waals surface area contributed by atoms with Crippen LogP contribution in [0.3, 0.4) is 0 Å². The van der Waals surface area contributed by atoms with Crippen LogP contribution >= 0.6 is 11.8 Å². The molecule has 3 nitrogen and oxygen atoms in total. The second-order valence-corrected chi connectivity index (χ2v) is 4.67. The van der Waals surface area contributed by atoms with Crippen molar-refractivity contribution in [2.24, 2.45) is 0 Å². The summed E-state index contributed by atoms with van der Waals surface area (Å²) in [6.45, 7) is 1.74. The van der Waals surface area contributed by atoms with Gasteiger partial charge in [-0.3, -0.25) is 0 Å². The van der Waals surface area contributed by atoms with Gasteiger partial charge in [-0.25, -0.2) is 4.79 Å². The van der Waals surface area contributed by atoms with Crippen molar-refractivity contribution in [3.8, 4) is 0 Å². The molecule has 0 unspecified atom stereocenters. The molecule has 0 saturated carbocycles. The number of amides is 2. The van der Waals surface area contributed by atoms with Crippen molar-refractivity contribution in [2.45, 2.75) is 12.8 Å². The second-order valence-electron chi connectivity index (χ2n) is 3.45. The van der Waals surface area contributed by atoms with Gasteiger partial charge in [-0.2, -0.15) is 11.8 Å². The van der Waals surface area contributed by atoms with E-state index in [1.54, 1.807) is 9.80 Å². The number of rotatable bonds is 0. The highest BCUT2D eigenvalue weighted by molar-refractivity contribution is 7.99. The van der Waals surface area contributed by atoms with E-state index in [2.05, 4.69) is 11.8 Å². The largest absolute Gasteiger partial charge is 0.326 e.